The average molecular weight is 371 g/mol. The maximum absolute atomic E-state index is 11.5. The number of hydrogen-bond donors (Lipinski definition) is 0. The van der Waals surface area contributed by atoms with E-state index < -0.39 is 0 Å². The van der Waals surface area contributed by atoms with Gasteiger partial charge < -0.3 is 4.79 Å². The molecule has 0 heterocycles. The first-order valence-corrected chi connectivity index (χ1v) is 11.9. The van der Waals surface area contributed by atoms with Crippen molar-refractivity contribution in [2.75, 3.05) is 0 Å². The smallest absolute Gasteiger partial charge is 0.129 e. The molecule has 0 unspecified atom stereocenters. The zero-order valence-electron chi connectivity index (χ0n) is 18.5. The van der Waals surface area contributed by atoms with Crippen LogP contribution in [0.2, 0.25) is 0 Å². The van der Waals surface area contributed by atoms with Gasteiger partial charge in [0.2, 0.25) is 0 Å². The highest BCUT2D eigenvalue weighted by molar-refractivity contribution is 5.75. The van der Waals surface area contributed by atoms with Crippen molar-refractivity contribution in [1.29, 1.82) is 0 Å². The van der Waals surface area contributed by atoms with Gasteiger partial charge in [-0.3, -0.25) is 0 Å². The molecule has 0 aromatic carbocycles. The van der Waals surface area contributed by atoms with Gasteiger partial charge in [-0.05, 0) is 111 Å². The molecule has 0 bridgehead atoms. The van der Waals surface area contributed by atoms with E-state index in [1.807, 2.05) is 5.57 Å². The molecule has 0 N–H and O–H groups in total. The van der Waals surface area contributed by atoms with Crippen LogP contribution in [0.5, 0.6) is 0 Å². The van der Waals surface area contributed by atoms with Crippen molar-refractivity contribution in [1.82, 2.24) is 0 Å². The van der Waals surface area contributed by atoms with E-state index in [9.17, 15) is 4.79 Å². The van der Waals surface area contributed by atoms with Gasteiger partial charge >= 0.3 is 0 Å². The number of carbonyl (C=O) groups excluding carboxylic acids is 1. The van der Waals surface area contributed by atoms with Crippen LogP contribution in [0.25, 0.3) is 0 Å². The summed E-state index contributed by atoms with van der Waals surface area (Å²) in [7, 11) is 0. The van der Waals surface area contributed by atoms with Crippen LogP contribution >= 0.6 is 0 Å². The van der Waals surface area contributed by atoms with Crippen LogP contribution in [0.3, 0.4) is 0 Å². The molecule has 0 spiro atoms. The van der Waals surface area contributed by atoms with Gasteiger partial charge in [-0.15, -0.1) is 0 Å². The Bertz CT molecular complexity index is 618. The third kappa shape index (κ3) is 3.16. The number of Topliss-reactive ketones (excluding diaryl/α,β-unsaturated/α-hetero) is 1. The Hall–Kier alpha value is -0.590. The molecular formula is C26H42O. The van der Waals surface area contributed by atoms with E-state index in [-0.39, 0.29) is 0 Å². The maximum atomic E-state index is 11.5. The molecule has 4 aliphatic carbocycles. The molecule has 3 saturated carbocycles. The minimum absolute atomic E-state index is 0.370. The Balaban J connectivity index is 1.54. The molecule has 0 aromatic rings. The van der Waals surface area contributed by atoms with Gasteiger partial charge in [0.05, 0.1) is 0 Å². The fourth-order valence-corrected chi connectivity index (χ4v) is 8.45. The summed E-state index contributed by atoms with van der Waals surface area (Å²) in [5, 5.41) is 0. The normalized spacial score (nSPS) is 47.4. The minimum atomic E-state index is 0.370. The highest BCUT2D eigenvalue weighted by atomic mass is 16.1. The molecule has 8 atom stereocenters. The first-order valence-electron chi connectivity index (χ1n) is 11.9. The van der Waals surface area contributed by atoms with E-state index in [1.54, 1.807) is 6.92 Å². The van der Waals surface area contributed by atoms with Gasteiger partial charge in [0.15, 0.2) is 0 Å². The fourth-order valence-electron chi connectivity index (χ4n) is 8.45. The van der Waals surface area contributed by atoms with E-state index in [0.29, 0.717) is 22.5 Å². The summed E-state index contributed by atoms with van der Waals surface area (Å²) in [5.74, 6) is 5.61. The fraction of sp³-hybridized carbons (Fsp3) is 0.885. The van der Waals surface area contributed by atoms with E-state index in [4.69, 9.17) is 0 Å². The first-order chi connectivity index (χ1) is 12.8. The number of allylic oxidation sites excluding steroid dienone is 2. The van der Waals surface area contributed by atoms with Crippen molar-refractivity contribution in [2.45, 2.75) is 98.8 Å². The largest absolute Gasteiger partial charge is 0.300 e. The summed E-state index contributed by atoms with van der Waals surface area (Å²) in [6, 6.07) is 0. The van der Waals surface area contributed by atoms with Gasteiger partial charge in [-0.2, -0.15) is 0 Å². The molecule has 0 amide bonds. The van der Waals surface area contributed by atoms with Crippen LogP contribution in [0.1, 0.15) is 98.8 Å². The summed E-state index contributed by atoms with van der Waals surface area (Å²) in [5.41, 5.74) is 2.87. The van der Waals surface area contributed by atoms with Gasteiger partial charge in [0.1, 0.15) is 5.78 Å². The zero-order chi connectivity index (χ0) is 19.4. The highest BCUT2D eigenvalue weighted by Gasteiger charge is 2.58. The van der Waals surface area contributed by atoms with Crippen molar-refractivity contribution >= 4 is 5.78 Å². The average Bonchev–Trinajstić information content (AvgIpc) is 2.97. The van der Waals surface area contributed by atoms with Crippen molar-refractivity contribution in [3.63, 3.8) is 0 Å². The molecule has 0 aromatic heterocycles. The standard InChI is InChI=1S/C26H42O/c1-17-12-14-25(4)20(16-17)8-9-21-23-11-10-22(18(2)6-7-19(3)27)26(23,5)15-13-24(21)25/h8,17-18,21-24H,6-7,9-16H2,1-5H3/t17-,18-,21+,22-,23+,24+,25+,26-/m1/s1. The second-order valence-corrected chi connectivity index (χ2v) is 11.6. The predicted molar refractivity (Wildman–Crippen MR) is 113 cm³/mol. The molecule has 1 nitrogen and oxygen atoms in total. The number of hydrogen-bond acceptors (Lipinski definition) is 1. The molecule has 0 saturated heterocycles. The summed E-state index contributed by atoms with van der Waals surface area (Å²) < 4.78 is 0. The summed E-state index contributed by atoms with van der Waals surface area (Å²) >= 11 is 0. The van der Waals surface area contributed by atoms with E-state index in [1.165, 1.54) is 51.4 Å². The Morgan fingerprint density at radius 2 is 1.93 bits per heavy atom. The lowest BCUT2D eigenvalue weighted by atomic mass is 9.46. The van der Waals surface area contributed by atoms with Crippen LogP contribution in [0.15, 0.2) is 11.6 Å². The quantitative estimate of drug-likeness (QED) is 0.478. The second kappa shape index (κ2) is 7.03. The zero-order valence-corrected chi connectivity index (χ0v) is 18.5. The topological polar surface area (TPSA) is 17.1 Å². The molecule has 3 fully saturated rings. The highest BCUT2D eigenvalue weighted by Crippen LogP contribution is 2.67. The lowest BCUT2D eigenvalue weighted by molar-refractivity contribution is -0.117. The lowest BCUT2D eigenvalue weighted by Crippen LogP contribution is -2.50. The summed E-state index contributed by atoms with van der Waals surface area (Å²) in [6.07, 6.45) is 15.9. The molecule has 0 aliphatic heterocycles. The van der Waals surface area contributed by atoms with Crippen molar-refractivity contribution in [2.24, 2.45) is 46.3 Å². The summed E-state index contributed by atoms with van der Waals surface area (Å²) in [6.45, 7) is 11.9. The van der Waals surface area contributed by atoms with Gasteiger partial charge in [-0.1, -0.05) is 39.3 Å². The third-order valence-corrected chi connectivity index (χ3v) is 10.1. The number of rotatable bonds is 4. The van der Waals surface area contributed by atoms with Crippen molar-refractivity contribution < 1.29 is 4.79 Å². The Kier molecular flexibility index (Phi) is 5.13. The Labute approximate surface area is 167 Å². The second-order valence-electron chi connectivity index (χ2n) is 11.6. The number of ketones is 1. The van der Waals surface area contributed by atoms with Crippen LogP contribution in [0.4, 0.5) is 0 Å². The van der Waals surface area contributed by atoms with Crippen molar-refractivity contribution in [3.8, 4) is 0 Å². The van der Waals surface area contributed by atoms with Crippen LogP contribution in [-0.2, 0) is 4.79 Å². The molecule has 152 valence electrons. The van der Waals surface area contributed by atoms with Crippen LogP contribution in [0, 0.1) is 46.3 Å². The summed E-state index contributed by atoms with van der Waals surface area (Å²) in [4.78, 5) is 11.5. The molecule has 4 rings (SSSR count). The molecule has 27 heavy (non-hydrogen) atoms. The SMILES string of the molecule is CC(=O)CC[C@@H](C)[C@H]1CC[C@H]2[C@@H]3CC=C4C[C@H](C)CC[C@]4(C)[C@H]3CC[C@]12C. The maximum Gasteiger partial charge on any atom is 0.129 e. The number of fused-ring (bicyclic) bond motifs is 5. The lowest BCUT2D eigenvalue weighted by Gasteiger charge is -2.58. The minimum Gasteiger partial charge on any atom is -0.300 e. The predicted octanol–water partition coefficient (Wildman–Crippen LogP) is 7.21. The Morgan fingerprint density at radius 1 is 1.15 bits per heavy atom. The van der Waals surface area contributed by atoms with Crippen LogP contribution < -0.4 is 0 Å². The monoisotopic (exact) mass is 370 g/mol. The van der Waals surface area contributed by atoms with Gasteiger partial charge in [0.25, 0.3) is 0 Å². The van der Waals surface area contributed by atoms with E-state index in [0.717, 1.165) is 42.4 Å². The number of carbonyl (C=O) groups is 1. The van der Waals surface area contributed by atoms with Crippen LogP contribution in [-0.4, -0.2) is 5.78 Å². The van der Waals surface area contributed by atoms with E-state index >= 15 is 0 Å². The van der Waals surface area contributed by atoms with Crippen molar-refractivity contribution in [3.05, 3.63) is 11.6 Å². The van der Waals surface area contributed by atoms with Gasteiger partial charge in [0, 0.05) is 6.42 Å². The molecule has 4 aliphatic rings. The van der Waals surface area contributed by atoms with Gasteiger partial charge in [-0.25, -0.2) is 0 Å². The molecule has 0 radical (unpaired) electrons. The first kappa shape index (κ1) is 19.7. The third-order valence-electron chi connectivity index (χ3n) is 10.1. The molecular weight excluding hydrogens is 328 g/mol. The molecule has 1 heteroatoms. The Morgan fingerprint density at radius 3 is 2.67 bits per heavy atom. The van der Waals surface area contributed by atoms with E-state index in [2.05, 4.69) is 33.8 Å².